The topological polar surface area (TPSA) is 56.2 Å². The van der Waals surface area contributed by atoms with Gasteiger partial charge in [-0.2, -0.15) is 0 Å². The third kappa shape index (κ3) is 1.97. The van der Waals surface area contributed by atoms with Gasteiger partial charge >= 0.3 is 0 Å². The second-order valence-electron chi connectivity index (χ2n) is 3.53. The fourth-order valence-electron chi connectivity index (χ4n) is 1.52. The summed E-state index contributed by atoms with van der Waals surface area (Å²) in [5.41, 5.74) is 7.32. The Morgan fingerprint density at radius 2 is 2.27 bits per heavy atom. The van der Waals surface area contributed by atoms with Gasteiger partial charge < -0.3 is 5.73 Å². The summed E-state index contributed by atoms with van der Waals surface area (Å²) >= 11 is 3.43. The van der Waals surface area contributed by atoms with Gasteiger partial charge in [0.25, 0.3) is 0 Å². The third-order valence-electron chi connectivity index (χ3n) is 2.31. The fraction of sp³-hybridized carbons (Fsp3) is 0.400. The number of fused-ring (bicyclic) bond motifs is 1. The highest BCUT2D eigenvalue weighted by molar-refractivity contribution is 9.10. The van der Waals surface area contributed by atoms with Gasteiger partial charge in [-0.1, -0.05) is 13.3 Å². The molecule has 0 aliphatic carbocycles. The molecule has 0 aromatic carbocycles. The first-order valence-corrected chi connectivity index (χ1v) is 5.80. The van der Waals surface area contributed by atoms with E-state index in [1.54, 1.807) is 0 Å². The minimum atomic E-state index is 0.715. The van der Waals surface area contributed by atoms with Crippen LogP contribution >= 0.6 is 15.9 Å². The van der Waals surface area contributed by atoms with E-state index in [-0.39, 0.29) is 0 Å². The largest absolute Gasteiger partial charge is 0.397 e. The van der Waals surface area contributed by atoms with Gasteiger partial charge in [0.2, 0.25) is 0 Å². The van der Waals surface area contributed by atoms with Crippen molar-refractivity contribution in [3.63, 3.8) is 0 Å². The minimum absolute atomic E-state index is 0.715. The van der Waals surface area contributed by atoms with E-state index in [0.717, 1.165) is 35.2 Å². The lowest BCUT2D eigenvalue weighted by atomic mass is 10.2. The summed E-state index contributed by atoms with van der Waals surface area (Å²) in [6.45, 7) is 2.16. The van der Waals surface area contributed by atoms with Gasteiger partial charge in [-0.15, -0.1) is 10.2 Å². The molecule has 2 aromatic rings. The van der Waals surface area contributed by atoms with E-state index in [0.29, 0.717) is 5.69 Å². The van der Waals surface area contributed by atoms with Crippen LogP contribution in [0, 0.1) is 0 Å². The van der Waals surface area contributed by atoms with Crippen molar-refractivity contribution in [3.8, 4) is 0 Å². The second kappa shape index (κ2) is 4.18. The lowest BCUT2D eigenvalue weighted by Crippen LogP contribution is -1.97. The average Bonchev–Trinajstić information content (AvgIpc) is 2.58. The van der Waals surface area contributed by atoms with Crippen molar-refractivity contribution in [2.75, 3.05) is 5.73 Å². The maximum Gasteiger partial charge on any atom is 0.175 e. The van der Waals surface area contributed by atoms with E-state index < -0.39 is 0 Å². The Hall–Kier alpha value is -1.10. The molecule has 0 bridgehead atoms. The van der Waals surface area contributed by atoms with Crippen LogP contribution in [0.5, 0.6) is 0 Å². The van der Waals surface area contributed by atoms with Crippen LogP contribution in [0.25, 0.3) is 5.65 Å². The Kier molecular flexibility index (Phi) is 2.90. The summed E-state index contributed by atoms with van der Waals surface area (Å²) in [5, 5.41) is 8.28. The second-order valence-corrected chi connectivity index (χ2v) is 4.39. The number of aromatic nitrogens is 3. The van der Waals surface area contributed by atoms with E-state index >= 15 is 0 Å². The molecule has 0 amide bonds. The van der Waals surface area contributed by atoms with Crippen molar-refractivity contribution in [2.24, 2.45) is 0 Å². The van der Waals surface area contributed by atoms with E-state index in [1.807, 2.05) is 16.7 Å². The van der Waals surface area contributed by atoms with Crippen LogP contribution in [-0.4, -0.2) is 14.6 Å². The quantitative estimate of drug-likeness (QED) is 0.930. The summed E-state index contributed by atoms with van der Waals surface area (Å²) in [4.78, 5) is 0. The van der Waals surface area contributed by atoms with Crippen LogP contribution in [0.1, 0.15) is 25.6 Å². The molecule has 0 atom stereocenters. The van der Waals surface area contributed by atoms with E-state index in [9.17, 15) is 0 Å². The number of anilines is 1. The van der Waals surface area contributed by atoms with Crippen LogP contribution in [0.2, 0.25) is 0 Å². The summed E-state index contributed by atoms with van der Waals surface area (Å²) < 4.78 is 2.84. The lowest BCUT2D eigenvalue weighted by Gasteiger charge is -2.01. The molecule has 15 heavy (non-hydrogen) atoms. The number of pyridine rings is 1. The van der Waals surface area contributed by atoms with Crippen LogP contribution in [0.3, 0.4) is 0 Å². The molecule has 0 saturated heterocycles. The number of nitrogen functional groups attached to an aromatic ring is 1. The summed E-state index contributed by atoms with van der Waals surface area (Å²) in [6.07, 6.45) is 5.07. The highest BCUT2D eigenvalue weighted by Gasteiger charge is 2.08. The zero-order chi connectivity index (χ0) is 10.8. The van der Waals surface area contributed by atoms with Crippen LogP contribution < -0.4 is 5.73 Å². The molecule has 0 saturated carbocycles. The number of hydrogen-bond donors (Lipinski definition) is 1. The zero-order valence-electron chi connectivity index (χ0n) is 8.57. The van der Waals surface area contributed by atoms with Crippen molar-refractivity contribution in [2.45, 2.75) is 26.2 Å². The molecular formula is C10H13BrN4. The maximum atomic E-state index is 5.78. The first-order valence-electron chi connectivity index (χ1n) is 5.01. The smallest absolute Gasteiger partial charge is 0.175 e. The summed E-state index contributed by atoms with van der Waals surface area (Å²) in [5.74, 6) is 0.972. The fourth-order valence-corrected chi connectivity index (χ4v) is 2.06. The molecule has 0 radical (unpaired) electrons. The summed E-state index contributed by atoms with van der Waals surface area (Å²) in [7, 11) is 0. The van der Waals surface area contributed by atoms with Crippen LogP contribution in [0.15, 0.2) is 16.7 Å². The van der Waals surface area contributed by atoms with Crippen molar-refractivity contribution < 1.29 is 0 Å². The number of nitrogens with two attached hydrogens (primary N) is 1. The number of hydrogen-bond acceptors (Lipinski definition) is 3. The van der Waals surface area contributed by atoms with E-state index in [4.69, 9.17) is 5.73 Å². The Morgan fingerprint density at radius 1 is 1.47 bits per heavy atom. The van der Waals surface area contributed by atoms with Gasteiger partial charge in [-0.3, -0.25) is 4.40 Å². The molecule has 2 N–H and O–H groups in total. The van der Waals surface area contributed by atoms with Gasteiger partial charge in [-0.05, 0) is 28.4 Å². The van der Waals surface area contributed by atoms with Crippen molar-refractivity contribution >= 4 is 27.3 Å². The highest BCUT2D eigenvalue weighted by atomic mass is 79.9. The van der Waals surface area contributed by atoms with E-state index in [2.05, 4.69) is 33.1 Å². The van der Waals surface area contributed by atoms with Gasteiger partial charge in [0.1, 0.15) is 5.82 Å². The Balaban J connectivity index is 2.49. The van der Waals surface area contributed by atoms with Gasteiger partial charge in [0.15, 0.2) is 5.65 Å². The van der Waals surface area contributed by atoms with Gasteiger partial charge in [-0.25, -0.2) is 0 Å². The average molecular weight is 269 g/mol. The molecule has 2 aromatic heterocycles. The molecule has 0 unspecified atom stereocenters. The number of aryl methyl sites for hydroxylation is 1. The molecule has 4 nitrogen and oxygen atoms in total. The maximum absolute atomic E-state index is 5.78. The molecule has 0 fully saturated rings. The Morgan fingerprint density at radius 3 is 3.00 bits per heavy atom. The number of nitrogens with zero attached hydrogens (tertiary/aromatic N) is 3. The van der Waals surface area contributed by atoms with Crippen molar-refractivity contribution in [1.82, 2.24) is 14.6 Å². The van der Waals surface area contributed by atoms with E-state index in [1.165, 1.54) is 0 Å². The molecular weight excluding hydrogens is 256 g/mol. The lowest BCUT2D eigenvalue weighted by molar-refractivity contribution is 0.743. The van der Waals surface area contributed by atoms with Gasteiger partial charge in [0, 0.05) is 18.3 Å². The molecule has 2 rings (SSSR count). The first kappa shape index (κ1) is 10.4. The standard InChI is InChI=1S/C10H13BrN4/c1-2-3-4-9-13-14-10-8(11)5-7(12)6-15(9)10/h5-6H,2-4,12H2,1H3. The molecule has 5 heteroatoms. The predicted octanol–water partition coefficient (Wildman–Crippen LogP) is 2.42. The first-order chi connectivity index (χ1) is 7.22. The third-order valence-corrected chi connectivity index (χ3v) is 2.89. The van der Waals surface area contributed by atoms with Crippen LogP contribution in [0.4, 0.5) is 5.69 Å². The molecule has 2 heterocycles. The Labute approximate surface area is 96.6 Å². The minimum Gasteiger partial charge on any atom is -0.397 e. The number of unbranched alkanes of at least 4 members (excludes halogenated alkanes) is 1. The highest BCUT2D eigenvalue weighted by Crippen LogP contribution is 2.20. The molecule has 0 aliphatic heterocycles. The number of halogens is 1. The molecule has 0 spiro atoms. The van der Waals surface area contributed by atoms with Crippen molar-refractivity contribution in [3.05, 3.63) is 22.6 Å². The zero-order valence-corrected chi connectivity index (χ0v) is 10.2. The van der Waals surface area contributed by atoms with Gasteiger partial charge in [0.05, 0.1) is 4.47 Å². The number of rotatable bonds is 3. The van der Waals surface area contributed by atoms with Crippen LogP contribution in [-0.2, 0) is 6.42 Å². The predicted molar refractivity (Wildman–Crippen MR) is 63.7 cm³/mol. The molecule has 80 valence electrons. The summed E-state index contributed by atoms with van der Waals surface area (Å²) in [6, 6.07) is 1.84. The monoisotopic (exact) mass is 268 g/mol. The van der Waals surface area contributed by atoms with Crippen molar-refractivity contribution in [1.29, 1.82) is 0 Å². The SMILES string of the molecule is CCCCc1nnc2c(Br)cc(N)cn12. The Bertz CT molecular complexity index is 477. The normalized spacial score (nSPS) is 11.1. The molecule has 0 aliphatic rings.